The molecule has 18 heavy (non-hydrogen) atoms. The summed E-state index contributed by atoms with van der Waals surface area (Å²) in [7, 11) is 1.44. The number of para-hydroxylation sites is 1. The summed E-state index contributed by atoms with van der Waals surface area (Å²) in [5, 5.41) is 12.6. The zero-order valence-corrected chi connectivity index (χ0v) is 10.9. The molecule has 1 rings (SSSR count). The van der Waals surface area contributed by atoms with Crippen molar-refractivity contribution in [2.45, 2.75) is 19.9 Å². The monoisotopic (exact) mass is 253 g/mol. The highest BCUT2D eigenvalue weighted by molar-refractivity contribution is 5.97. The first-order valence-corrected chi connectivity index (χ1v) is 5.84. The van der Waals surface area contributed by atoms with E-state index < -0.39 is 0 Å². The minimum atomic E-state index is -0.349. The highest BCUT2D eigenvalue weighted by Gasteiger charge is 2.16. The summed E-state index contributed by atoms with van der Waals surface area (Å²) in [5.74, 6) is -0.222. The van der Waals surface area contributed by atoms with Crippen molar-refractivity contribution in [1.29, 1.82) is 0 Å². The Morgan fingerprint density at radius 2 is 2.22 bits per heavy atom. The van der Waals surface area contributed by atoms with Gasteiger partial charge >= 0.3 is 0 Å². The van der Waals surface area contributed by atoms with Gasteiger partial charge in [0.25, 0.3) is 5.91 Å². The van der Waals surface area contributed by atoms with E-state index in [2.05, 4.69) is 5.32 Å². The summed E-state index contributed by atoms with van der Waals surface area (Å²) >= 11 is 0. The van der Waals surface area contributed by atoms with Gasteiger partial charge in [0, 0.05) is 12.6 Å². The van der Waals surface area contributed by atoms with Crippen LogP contribution in [0.5, 0.6) is 11.5 Å². The number of hydrogen-bond acceptors (Lipinski definition) is 4. The van der Waals surface area contributed by atoms with E-state index in [-0.39, 0.29) is 29.0 Å². The quantitative estimate of drug-likeness (QED) is 0.807. The van der Waals surface area contributed by atoms with Crippen molar-refractivity contribution in [2.75, 3.05) is 20.3 Å². The molecular weight excluding hydrogens is 234 g/mol. The molecule has 0 aliphatic heterocycles. The molecule has 100 valence electrons. The number of phenols is 1. The van der Waals surface area contributed by atoms with Crippen LogP contribution in [0.3, 0.4) is 0 Å². The largest absolute Gasteiger partial charge is 0.504 e. The van der Waals surface area contributed by atoms with E-state index in [4.69, 9.17) is 9.47 Å². The lowest BCUT2D eigenvalue weighted by Gasteiger charge is -2.14. The minimum absolute atomic E-state index is 0.122. The molecule has 1 amide bonds. The predicted octanol–water partition coefficient (Wildman–Crippen LogP) is 1.56. The third kappa shape index (κ3) is 3.63. The number of hydrogen-bond donors (Lipinski definition) is 2. The van der Waals surface area contributed by atoms with Gasteiger partial charge in [-0.2, -0.15) is 0 Å². The lowest BCUT2D eigenvalue weighted by Crippen LogP contribution is -2.35. The second kappa shape index (κ2) is 6.86. The number of amides is 1. The first-order chi connectivity index (χ1) is 8.60. The van der Waals surface area contributed by atoms with Crippen molar-refractivity contribution in [3.63, 3.8) is 0 Å². The molecule has 0 radical (unpaired) electrons. The van der Waals surface area contributed by atoms with Gasteiger partial charge in [-0.1, -0.05) is 6.07 Å². The van der Waals surface area contributed by atoms with Gasteiger partial charge in [-0.15, -0.1) is 0 Å². The summed E-state index contributed by atoms with van der Waals surface area (Å²) in [4.78, 5) is 11.9. The minimum Gasteiger partial charge on any atom is -0.504 e. The van der Waals surface area contributed by atoms with Gasteiger partial charge in [0.1, 0.15) is 0 Å². The zero-order valence-electron chi connectivity index (χ0n) is 10.9. The summed E-state index contributed by atoms with van der Waals surface area (Å²) in [6, 6.07) is 4.67. The molecule has 0 fully saturated rings. The van der Waals surface area contributed by atoms with E-state index in [1.54, 1.807) is 18.2 Å². The number of carbonyl (C=O) groups excluding carboxylic acids is 1. The Labute approximate surface area is 107 Å². The maximum Gasteiger partial charge on any atom is 0.255 e. The fourth-order valence-electron chi connectivity index (χ4n) is 1.51. The molecule has 1 atom stereocenters. The number of rotatable bonds is 6. The number of nitrogens with one attached hydrogen (secondary N) is 1. The summed E-state index contributed by atoms with van der Waals surface area (Å²) in [5.41, 5.74) is 0.192. The van der Waals surface area contributed by atoms with Crippen molar-refractivity contribution in [3.05, 3.63) is 23.8 Å². The molecule has 0 aliphatic carbocycles. The van der Waals surface area contributed by atoms with Crippen LogP contribution in [0.4, 0.5) is 0 Å². The smallest absolute Gasteiger partial charge is 0.255 e. The lowest BCUT2D eigenvalue weighted by molar-refractivity contribution is 0.0869. The summed E-state index contributed by atoms with van der Waals surface area (Å²) in [6.07, 6.45) is 0. The molecule has 1 aromatic rings. The lowest BCUT2D eigenvalue weighted by atomic mass is 10.1. The molecule has 0 aliphatic rings. The molecule has 0 saturated heterocycles. The highest BCUT2D eigenvalue weighted by atomic mass is 16.5. The van der Waals surface area contributed by atoms with Gasteiger partial charge in [-0.25, -0.2) is 0 Å². The fraction of sp³-hybridized carbons (Fsp3) is 0.462. The van der Waals surface area contributed by atoms with Gasteiger partial charge in [-0.3, -0.25) is 4.79 Å². The maximum atomic E-state index is 11.9. The van der Waals surface area contributed by atoms with Crippen LogP contribution in [0.25, 0.3) is 0 Å². The van der Waals surface area contributed by atoms with Crippen LogP contribution in [0.1, 0.15) is 24.2 Å². The van der Waals surface area contributed by atoms with Gasteiger partial charge in [0.05, 0.1) is 19.3 Å². The number of aromatic hydroxyl groups is 1. The summed E-state index contributed by atoms with van der Waals surface area (Å²) in [6.45, 7) is 4.77. The van der Waals surface area contributed by atoms with E-state index >= 15 is 0 Å². The molecule has 2 N–H and O–H groups in total. The second-order valence-electron chi connectivity index (χ2n) is 3.89. The van der Waals surface area contributed by atoms with Crippen molar-refractivity contribution < 1.29 is 19.4 Å². The van der Waals surface area contributed by atoms with Crippen molar-refractivity contribution >= 4 is 5.91 Å². The number of ether oxygens (including phenoxy) is 2. The van der Waals surface area contributed by atoms with Crippen LogP contribution in [0.15, 0.2) is 18.2 Å². The Bertz CT molecular complexity index is 406. The SMILES string of the molecule is CCOCC(C)NC(=O)c1cccc(OC)c1O. The molecule has 0 bridgehead atoms. The number of phenolic OH excluding ortho intramolecular Hbond substituents is 1. The Kier molecular flexibility index (Phi) is 5.45. The molecule has 0 heterocycles. The van der Waals surface area contributed by atoms with Crippen molar-refractivity contribution in [2.24, 2.45) is 0 Å². The predicted molar refractivity (Wildman–Crippen MR) is 68.1 cm³/mol. The van der Waals surface area contributed by atoms with Crippen LogP contribution in [0.2, 0.25) is 0 Å². The molecule has 0 saturated carbocycles. The van der Waals surface area contributed by atoms with Gasteiger partial charge < -0.3 is 19.9 Å². The van der Waals surface area contributed by atoms with Crippen LogP contribution < -0.4 is 10.1 Å². The Hall–Kier alpha value is -1.75. The molecule has 5 heteroatoms. The normalized spacial score (nSPS) is 11.9. The zero-order chi connectivity index (χ0) is 13.5. The third-order valence-electron chi connectivity index (χ3n) is 2.41. The van der Waals surface area contributed by atoms with Crippen LogP contribution in [0, 0.1) is 0 Å². The van der Waals surface area contributed by atoms with Crippen LogP contribution in [-0.2, 0) is 4.74 Å². The third-order valence-corrected chi connectivity index (χ3v) is 2.41. The average Bonchev–Trinajstić information content (AvgIpc) is 2.36. The van der Waals surface area contributed by atoms with E-state index in [0.29, 0.717) is 13.2 Å². The molecule has 0 spiro atoms. The topological polar surface area (TPSA) is 67.8 Å². The Balaban J connectivity index is 2.72. The molecular formula is C13H19NO4. The Morgan fingerprint density at radius 1 is 1.50 bits per heavy atom. The average molecular weight is 253 g/mol. The first kappa shape index (κ1) is 14.3. The second-order valence-corrected chi connectivity index (χ2v) is 3.89. The van der Waals surface area contributed by atoms with E-state index in [9.17, 15) is 9.90 Å². The highest BCUT2D eigenvalue weighted by Crippen LogP contribution is 2.29. The van der Waals surface area contributed by atoms with E-state index in [0.717, 1.165) is 0 Å². The molecule has 0 aromatic heterocycles. The molecule has 1 unspecified atom stereocenters. The Morgan fingerprint density at radius 3 is 2.83 bits per heavy atom. The molecule has 1 aromatic carbocycles. The van der Waals surface area contributed by atoms with Gasteiger partial charge in [0.15, 0.2) is 11.5 Å². The molecule has 5 nitrogen and oxygen atoms in total. The van der Waals surface area contributed by atoms with Gasteiger partial charge in [-0.05, 0) is 26.0 Å². The van der Waals surface area contributed by atoms with E-state index in [1.807, 2.05) is 13.8 Å². The first-order valence-electron chi connectivity index (χ1n) is 5.84. The number of benzene rings is 1. The number of carbonyl (C=O) groups is 1. The van der Waals surface area contributed by atoms with Crippen LogP contribution in [-0.4, -0.2) is 37.4 Å². The van der Waals surface area contributed by atoms with Crippen LogP contribution >= 0.6 is 0 Å². The summed E-state index contributed by atoms with van der Waals surface area (Å²) < 4.78 is 10.2. The maximum absolute atomic E-state index is 11.9. The standard InChI is InChI=1S/C13H19NO4/c1-4-18-8-9(2)14-13(16)10-6-5-7-11(17-3)12(10)15/h5-7,9,15H,4,8H2,1-3H3,(H,14,16). The van der Waals surface area contributed by atoms with Gasteiger partial charge in [0.2, 0.25) is 0 Å². The van der Waals surface area contributed by atoms with E-state index in [1.165, 1.54) is 7.11 Å². The fourth-order valence-corrected chi connectivity index (χ4v) is 1.51. The number of methoxy groups -OCH3 is 1. The van der Waals surface area contributed by atoms with Crippen molar-refractivity contribution in [3.8, 4) is 11.5 Å². The van der Waals surface area contributed by atoms with Crippen molar-refractivity contribution in [1.82, 2.24) is 5.32 Å².